The molecule has 11 heteroatoms. The van der Waals surface area contributed by atoms with Gasteiger partial charge in [0.2, 0.25) is 5.91 Å². The Morgan fingerprint density at radius 1 is 1.18 bits per heavy atom. The van der Waals surface area contributed by atoms with Crippen molar-refractivity contribution in [3.05, 3.63) is 81.4 Å². The zero-order valence-corrected chi connectivity index (χ0v) is 24.2. The van der Waals surface area contributed by atoms with Gasteiger partial charge in [-0.25, -0.2) is 4.98 Å². The van der Waals surface area contributed by atoms with Gasteiger partial charge in [0.05, 0.1) is 23.1 Å². The van der Waals surface area contributed by atoms with Crippen molar-refractivity contribution in [2.75, 3.05) is 17.7 Å². The van der Waals surface area contributed by atoms with Crippen LogP contribution in [0.3, 0.4) is 0 Å². The lowest BCUT2D eigenvalue weighted by Crippen LogP contribution is -2.14. The molecule has 0 aliphatic rings. The van der Waals surface area contributed by atoms with Gasteiger partial charge in [-0.3, -0.25) is 4.79 Å². The number of hydrogen-bond acceptors (Lipinski definition) is 7. The summed E-state index contributed by atoms with van der Waals surface area (Å²) in [6.07, 6.45) is 3.15. The number of aromatic nitrogens is 4. The van der Waals surface area contributed by atoms with Crippen LogP contribution in [0.4, 0.5) is 5.13 Å². The van der Waals surface area contributed by atoms with Gasteiger partial charge in [-0.05, 0) is 55.7 Å². The minimum Gasteiger partial charge on any atom is -0.492 e. The first-order chi connectivity index (χ1) is 18.3. The summed E-state index contributed by atoms with van der Waals surface area (Å²) in [7, 11) is 0. The second-order valence-corrected chi connectivity index (χ2v) is 11.1. The fraction of sp³-hybridized carbons (Fsp3) is 0.259. The quantitative estimate of drug-likeness (QED) is 0.107. The molecule has 0 spiro atoms. The number of carbonyl (C=O) groups is 1. The molecule has 0 unspecified atom stereocenters. The van der Waals surface area contributed by atoms with E-state index in [1.54, 1.807) is 24.3 Å². The first kappa shape index (κ1) is 28.2. The molecule has 0 saturated carbocycles. The van der Waals surface area contributed by atoms with Crippen molar-refractivity contribution in [3.8, 4) is 17.0 Å². The fourth-order valence-electron chi connectivity index (χ4n) is 3.58. The smallest absolute Gasteiger partial charge is 0.236 e. The Morgan fingerprint density at radius 3 is 2.79 bits per heavy atom. The Labute approximate surface area is 240 Å². The average Bonchev–Trinajstić information content (AvgIpc) is 3.50. The molecule has 0 radical (unpaired) electrons. The van der Waals surface area contributed by atoms with Crippen LogP contribution in [-0.2, 0) is 17.8 Å². The molecule has 4 rings (SSSR count). The molecular formula is C27H27Cl2N5O2S2. The van der Waals surface area contributed by atoms with Crippen LogP contribution in [0.2, 0.25) is 10.0 Å². The van der Waals surface area contributed by atoms with Crippen LogP contribution >= 0.6 is 46.3 Å². The molecule has 0 atom stereocenters. The van der Waals surface area contributed by atoms with Gasteiger partial charge in [0, 0.05) is 28.9 Å². The number of thiazole rings is 1. The summed E-state index contributed by atoms with van der Waals surface area (Å²) in [6.45, 7) is 9.00. The maximum Gasteiger partial charge on any atom is 0.236 e. The Bertz CT molecular complexity index is 1440. The van der Waals surface area contributed by atoms with Gasteiger partial charge in [-0.2, -0.15) is 0 Å². The van der Waals surface area contributed by atoms with Gasteiger partial charge in [0.1, 0.15) is 11.6 Å². The van der Waals surface area contributed by atoms with Crippen LogP contribution < -0.4 is 10.1 Å². The number of nitrogens with zero attached hydrogens (tertiary/aromatic N) is 4. The summed E-state index contributed by atoms with van der Waals surface area (Å²) in [6, 6.07) is 11.4. The van der Waals surface area contributed by atoms with Gasteiger partial charge in [-0.15, -0.1) is 28.1 Å². The van der Waals surface area contributed by atoms with E-state index >= 15 is 0 Å². The first-order valence-electron chi connectivity index (χ1n) is 11.9. The number of allylic oxidation sites excluding steroid dienone is 1. The molecule has 198 valence electrons. The number of nitrogens with one attached hydrogen (secondary N) is 1. The molecule has 0 aliphatic heterocycles. The van der Waals surface area contributed by atoms with E-state index in [0.29, 0.717) is 52.1 Å². The molecule has 0 aliphatic carbocycles. The predicted octanol–water partition coefficient (Wildman–Crippen LogP) is 7.25. The molecule has 0 saturated heterocycles. The van der Waals surface area contributed by atoms with Crippen LogP contribution in [0, 0.1) is 13.8 Å². The Morgan fingerprint density at radius 2 is 2.03 bits per heavy atom. The normalized spacial score (nSPS) is 10.9. The van der Waals surface area contributed by atoms with E-state index in [9.17, 15) is 4.79 Å². The monoisotopic (exact) mass is 587 g/mol. The number of thioether (sulfide) groups is 1. The number of benzene rings is 2. The van der Waals surface area contributed by atoms with E-state index in [2.05, 4.69) is 53.1 Å². The van der Waals surface area contributed by atoms with E-state index in [4.69, 9.17) is 27.9 Å². The first-order valence-corrected chi connectivity index (χ1v) is 14.5. The molecule has 1 N–H and O–H groups in total. The predicted molar refractivity (Wildman–Crippen MR) is 157 cm³/mol. The lowest BCUT2D eigenvalue weighted by molar-refractivity contribution is -0.113. The topological polar surface area (TPSA) is 81.9 Å². The summed E-state index contributed by atoms with van der Waals surface area (Å²) in [5, 5.41) is 15.7. The third kappa shape index (κ3) is 7.38. The lowest BCUT2D eigenvalue weighted by atomic mass is 10.1. The summed E-state index contributed by atoms with van der Waals surface area (Å²) >= 11 is 14.8. The van der Waals surface area contributed by atoms with Crippen molar-refractivity contribution < 1.29 is 9.53 Å². The van der Waals surface area contributed by atoms with Gasteiger partial charge >= 0.3 is 0 Å². The summed E-state index contributed by atoms with van der Waals surface area (Å²) in [5.74, 6) is 1.43. The van der Waals surface area contributed by atoms with Crippen molar-refractivity contribution in [2.45, 2.75) is 38.4 Å². The lowest BCUT2D eigenvalue weighted by Gasteiger charge is -2.09. The highest BCUT2D eigenvalue weighted by Crippen LogP contribution is 2.28. The number of rotatable bonds is 12. The largest absolute Gasteiger partial charge is 0.492 e. The number of amides is 1. The third-order valence-electron chi connectivity index (χ3n) is 5.69. The SMILES string of the molecule is C=CCn1c(CCCOc2ccc(Cl)cc2Cl)nnc1SCC(=O)Nc1nc(-c2ccc(C)c(C)c2)cs1. The van der Waals surface area contributed by atoms with E-state index in [1.165, 1.54) is 34.2 Å². The summed E-state index contributed by atoms with van der Waals surface area (Å²) in [5.41, 5.74) is 4.32. The fourth-order valence-corrected chi connectivity index (χ4v) is 5.54. The highest BCUT2D eigenvalue weighted by atomic mass is 35.5. The molecule has 2 aromatic carbocycles. The highest BCUT2D eigenvalue weighted by Gasteiger charge is 2.15. The van der Waals surface area contributed by atoms with Crippen molar-refractivity contribution in [1.82, 2.24) is 19.7 Å². The van der Waals surface area contributed by atoms with Crippen LogP contribution in [0.25, 0.3) is 11.3 Å². The van der Waals surface area contributed by atoms with Crippen molar-refractivity contribution in [3.63, 3.8) is 0 Å². The van der Waals surface area contributed by atoms with E-state index in [0.717, 1.165) is 17.1 Å². The summed E-state index contributed by atoms with van der Waals surface area (Å²) in [4.78, 5) is 17.2. The molecule has 38 heavy (non-hydrogen) atoms. The van der Waals surface area contributed by atoms with E-state index < -0.39 is 0 Å². The van der Waals surface area contributed by atoms with E-state index in [1.807, 2.05) is 16.0 Å². The Hall–Kier alpha value is -2.85. The molecule has 4 aromatic rings. The maximum atomic E-state index is 12.6. The van der Waals surface area contributed by atoms with Gasteiger partial charge < -0.3 is 14.6 Å². The van der Waals surface area contributed by atoms with Crippen molar-refractivity contribution in [1.29, 1.82) is 0 Å². The number of halogens is 2. The van der Waals surface area contributed by atoms with Crippen LogP contribution in [-0.4, -0.2) is 38.0 Å². The number of ether oxygens (including phenoxy) is 1. The van der Waals surface area contributed by atoms with Crippen LogP contribution in [0.1, 0.15) is 23.4 Å². The zero-order valence-electron chi connectivity index (χ0n) is 21.0. The Kier molecular flexibility index (Phi) is 9.85. The second kappa shape index (κ2) is 13.3. The number of carbonyl (C=O) groups excluding carboxylic acids is 1. The molecule has 2 heterocycles. The molecule has 1 amide bonds. The minimum absolute atomic E-state index is 0.154. The molecular weight excluding hydrogens is 561 g/mol. The molecule has 0 bridgehead atoms. The molecule has 7 nitrogen and oxygen atoms in total. The maximum absolute atomic E-state index is 12.6. The zero-order chi connectivity index (χ0) is 27.1. The van der Waals surface area contributed by atoms with Crippen molar-refractivity contribution in [2.24, 2.45) is 0 Å². The van der Waals surface area contributed by atoms with Crippen LogP contribution in [0.5, 0.6) is 5.75 Å². The third-order valence-corrected chi connectivity index (χ3v) is 7.94. The number of hydrogen-bond donors (Lipinski definition) is 1. The van der Waals surface area contributed by atoms with Crippen LogP contribution in [0.15, 0.2) is 59.6 Å². The van der Waals surface area contributed by atoms with Crippen molar-refractivity contribution >= 4 is 57.3 Å². The highest BCUT2D eigenvalue weighted by molar-refractivity contribution is 7.99. The average molecular weight is 589 g/mol. The summed E-state index contributed by atoms with van der Waals surface area (Å²) < 4.78 is 7.73. The minimum atomic E-state index is -0.154. The number of anilines is 1. The molecule has 2 aromatic heterocycles. The van der Waals surface area contributed by atoms with E-state index in [-0.39, 0.29) is 11.7 Å². The molecule has 0 fully saturated rings. The Balaban J connectivity index is 1.29. The van der Waals surface area contributed by atoms with Gasteiger partial charge in [-0.1, -0.05) is 53.2 Å². The standard InChI is InChI=1S/C27H27Cl2N5O2S2/c1-4-11-34-24(6-5-12-36-23-10-9-20(28)14-21(23)29)32-33-27(34)38-16-25(35)31-26-30-22(15-37-26)19-8-7-17(2)18(3)13-19/h4,7-10,13-15H,1,5-6,11-12,16H2,2-3H3,(H,30,31,35). The van der Waals surface area contributed by atoms with Gasteiger partial charge in [0.15, 0.2) is 10.3 Å². The second-order valence-electron chi connectivity index (χ2n) is 8.50. The number of aryl methyl sites for hydroxylation is 3. The van der Waals surface area contributed by atoms with Gasteiger partial charge in [0.25, 0.3) is 0 Å².